The van der Waals surface area contributed by atoms with Gasteiger partial charge >= 0.3 is 0 Å². The van der Waals surface area contributed by atoms with Gasteiger partial charge in [-0.2, -0.15) is 0 Å². The number of pyridine rings is 1. The molecule has 3 rings (SSSR count). The molecule has 1 atom stereocenters. The number of ether oxygens (including phenoxy) is 1. The van der Waals surface area contributed by atoms with Gasteiger partial charge < -0.3 is 14.5 Å². The van der Waals surface area contributed by atoms with Crippen LogP contribution < -0.4 is 0 Å². The molecular formula is C21H27N3O2. The number of likely N-dealkylation sites (N-methyl/N-ethyl adjacent to an activating group) is 1. The molecular weight excluding hydrogens is 326 g/mol. The van der Waals surface area contributed by atoms with Gasteiger partial charge in [0.05, 0.1) is 13.2 Å². The molecule has 1 aliphatic heterocycles. The van der Waals surface area contributed by atoms with Crippen LogP contribution in [0.2, 0.25) is 0 Å². The minimum absolute atomic E-state index is 0.0736. The lowest BCUT2D eigenvalue weighted by Gasteiger charge is -2.23. The number of hydrogen-bond acceptors (Lipinski definition) is 4. The highest BCUT2D eigenvalue weighted by atomic mass is 16.5. The van der Waals surface area contributed by atoms with E-state index in [0.29, 0.717) is 25.7 Å². The Morgan fingerprint density at radius 2 is 2.27 bits per heavy atom. The SMILES string of the molecule is CN(C)C/C=C/C(=O)N1CCOCC(Cc2cccc3cnccc23)C1. The van der Waals surface area contributed by atoms with Crippen LogP contribution in [-0.2, 0) is 16.0 Å². The van der Waals surface area contributed by atoms with E-state index in [4.69, 9.17) is 4.74 Å². The normalized spacial score (nSPS) is 18.6. The molecule has 26 heavy (non-hydrogen) atoms. The summed E-state index contributed by atoms with van der Waals surface area (Å²) in [5.74, 6) is 0.368. The Morgan fingerprint density at radius 1 is 1.38 bits per heavy atom. The summed E-state index contributed by atoms with van der Waals surface area (Å²) >= 11 is 0. The first-order valence-electron chi connectivity index (χ1n) is 9.13. The van der Waals surface area contributed by atoms with Crippen molar-refractivity contribution in [3.05, 3.63) is 54.4 Å². The van der Waals surface area contributed by atoms with Gasteiger partial charge in [-0.05, 0) is 37.5 Å². The van der Waals surface area contributed by atoms with Gasteiger partial charge in [0.15, 0.2) is 0 Å². The van der Waals surface area contributed by atoms with E-state index in [2.05, 4.69) is 29.2 Å². The smallest absolute Gasteiger partial charge is 0.246 e. The van der Waals surface area contributed by atoms with Gasteiger partial charge in [0.1, 0.15) is 0 Å². The van der Waals surface area contributed by atoms with Crippen LogP contribution in [0.25, 0.3) is 10.8 Å². The Labute approximate surface area is 155 Å². The molecule has 1 amide bonds. The summed E-state index contributed by atoms with van der Waals surface area (Å²) in [6.45, 7) is 3.44. The first kappa shape index (κ1) is 18.5. The Hall–Kier alpha value is -2.24. The van der Waals surface area contributed by atoms with Gasteiger partial charge in [-0.15, -0.1) is 0 Å². The number of rotatable bonds is 5. The third-order valence-corrected chi connectivity index (χ3v) is 4.66. The molecule has 5 heteroatoms. The number of carbonyl (C=O) groups excluding carboxylic acids is 1. The van der Waals surface area contributed by atoms with Crippen LogP contribution in [0.3, 0.4) is 0 Å². The second kappa shape index (κ2) is 8.92. The van der Waals surface area contributed by atoms with E-state index in [1.165, 1.54) is 10.9 Å². The molecule has 1 aliphatic rings. The van der Waals surface area contributed by atoms with Crippen molar-refractivity contribution in [2.45, 2.75) is 6.42 Å². The third-order valence-electron chi connectivity index (χ3n) is 4.66. The zero-order chi connectivity index (χ0) is 18.4. The highest BCUT2D eigenvalue weighted by Crippen LogP contribution is 2.22. The molecule has 5 nitrogen and oxygen atoms in total. The van der Waals surface area contributed by atoms with Crippen LogP contribution in [-0.4, -0.2) is 67.6 Å². The van der Waals surface area contributed by atoms with Gasteiger partial charge in [-0.25, -0.2) is 0 Å². The van der Waals surface area contributed by atoms with Gasteiger partial charge in [0, 0.05) is 49.4 Å². The molecule has 2 aromatic rings. The predicted molar refractivity (Wildman–Crippen MR) is 104 cm³/mol. The first-order chi connectivity index (χ1) is 12.6. The van der Waals surface area contributed by atoms with E-state index in [9.17, 15) is 4.79 Å². The first-order valence-corrected chi connectivity index (χ1v) is 9.13. The van der Waals surface area contributed by atoms with Gasteiger partial charge in [0.2, 0.25) is 5.91 Å². The molecule has 0 bridgehead atoms. The minimum Gasteiger partial charge on any atom is -0.379 e. The number of benzene rings is 1. The van der Waals surface area contributed by atoms with E-state index in [-0.39, 0.29) is 5.91 Å². The summed E-state index contributed by atoms with van der Waals surface area (Å²) < 4.78 is 5.78. The number of nitrogens with zero attached hydrogens (tertiary/aromatic N) is 3. The molecule has 0 aliphatic carbocycles. The molecule has 1 unspecified atom stereocenters. The summed E-state index contributed by atoms with van der Waals surface area (Å²) in [5.41, 5.74) is 1.29. The molecule has 1 aromatic heterocycles. The Balaban J connectivity index is 1.69. The van der Waals surface area contributed by atoms with Crippen LogP contribution in [0.1, 0.15) is 5.56 Å². The minimum atomic E-state index is 0.0736. The molecule has 0 N–H and O–H groups in total. The van der Waals surface area contributed by atoms with Crippen LogP contribution in [0.15, 0.2) is 48.8 Å². The van der Waals surface area contributed by atoms with Gasteiger partial charge in [0.25, 0.3) is 0 Å². The lowest BCUT2D eigenvalue weighted by atomic mass is 9.95. The largest absolute Gasteiger partial charge is 0.379 e. The maximum Gasteiger partial charge on any atom is 0.246 e. The van der Waals surface area contributed by atoms with E-state index >= 15 is 0 Å². The fourth-order valence-corrected chi connectivity index (χ4v) is 3.35. The molecule has 0 spiro atoms. The monoisotopic (exact) mass is 353 g/mol. The van der Waals surface area contributed by atoms with Crippen molar-refractivity contribution in [3.8, 4) is 0 Å². The van der Waals surface area contributed by atoms with Gasteiger partial charge in [-0.1, -0.05) is 24.3 Å². The molecule has 138 valence electrons. The number of aromatic nitrogens is 1. The Kier molecular flexibility index (Phi) is 6.36. The highest BCUT2D eigenvalue weighted by molar-refractivity contribution is 5.87. The van der Waals surface area contributed by atoms with E-state index in [1.54, 1.807) is 6.08 Å². The number of amides is 1. The van der Waals surface area contributed by atoms with E-state index in [1.807, 2.05) is 42.4 Å². The fourth-order valence-electron chi connectivity index (χ4n) is 3.35. The third kappa shape index (κ3) is 4.90. The topological polar surface area (TPSA) is 45.7 Å². The number of carbonyl (C=O) groups is 1. The number of hydrogen-bond donors (Lipinski definition) is 0. The summed E-state index contributed by atoms with van der Waals surface area (Å²) in [6.07, 6.45) is 8.23. The quantitative estimate of drug-likeness (QED) is 0.774. The highest BCUT2D eigenvalue weighted by Gasteiger charge is 2.22. The second-order valence-electron chi connectivity index (χ2n) is 7.11. The average Bonchev–Trinajstić information content (AvgIpc) is 2.87. The zero-order valence-electron chi connectivity index (χ0n) is 15.6. The van der Waals surface area contributed by atoms with Crippen molar-refractivity contribution in [3.63, 3.8) is 0 Å². The molecule has 1 saturated heterocycles. The Morgan fingerprint density at radius 3 is 3.12 bits per heavy atom. The standard InChI is InChI=1S/C21H27N3O2/c1-23(2)10-4-7-21(25)24-11-12-26-16-17(15-24)13-18-5-3-6-19-14-22-9-8-20(18)19/h3-9,14,17H,10-13,15-16H2,1-2H3/b7-4+. The van der Waals surface area contributed by atoms with Crippen molar-refractivity contribution in [1.29, 1.82) is 0 Å². The average molecular weight is 353 g/mol. The van der Waals surface area contributed by atoms with Crippen molar-refractivity contribution < 1.29 is 9.53 Å². The molecule has 1 aromatic carbocycles. The second-order valence-corrected chi connectivity index (χ2v) is 7.11. The fraction of sp³-hybridized carbons (Fsp3) is 0.429. The maximum absolute atomic E-state index is 12.5. The summed E-state index contributed by atoms with van der Waals surface area (Å²) in [4.78, 5) is 20.7. The summed E-state index contributed by atoms with van der Waals surface area (Å²) in [7, 11) is 3.98. The van der Waals surface area contributed by atoms with Crippen LogP contribution >= 0.6 is 0 Å². The van der Waals surface area contributed by atoms with E-state index in [0.717, 1.165) is 24.9 Å². The molecule has 2 heterocycles. The van der Waals surface area contributed by atoms with E-state index < -0.39 is 0 Å². The summed E-state index contributed by atoms with van der Waals surface area (Å²) in [5, 5.41) is 2.38. The van der Waals surface area contributed by atoms with Crippen molar-refractivity contribution in [2.24, 2.45) is 5.92 Å². The zero-order valence-corrected chi connectivity index (χ0v) is 15.6. The van der Waals surface area contributed by atoms with Crippen molar-refractivity contribution in [1.82, 2.24) is 14.8 Å². The summed E-state index contributed by atoms with van der Waals surface area (Å²) in [6, 6.07) is 8.39. The number of fused-ring (bicyclic) bond motifs is 1. The molecule has 0 saturated carbocycles. The van der Waals surface area contributed by atoms with Gasteiger partial charge in [-0.3, -0.25) is 9.78 Å². The molecule has 0 radical (unpaired) electrons. The van der Waals surface area contributed by atoms with Crippen molar-refractivity contribution >= 4 is 16.7 Å². The van der Waals surface area contributed by atoms with Crippen molar-refractivity contribution in [2.75, 3.05) is 46.9 Å². The predicted octanol–water partition coefficient (Wildman–Crippen LogP) is 2.37. The lowest BCUT2D eigenvalue weighted by molar-refractivity contribution is -0.126. The Bertz CT molecular complexity index is 767. The van der Waals surface area contributed by atoms with Crippen LogP contribution in [0.4, 0.5) is 0 Å². The maximum atomic E-state index is 12.5. The lowest BCUT2D eigenvalue weighted by Crippen LogP contribution is -2.35. The van der Waals surface area contributed by atoms with Crippen LogP contribution in [0, 0.1) is 5.92 Å². The van der Waals surface area contributed by atoms with Crippen LogP contribution in [0.5, 0.6) is 0 Å². The molecule has 1 fully saturated rings.